The third-order valence-electron chi connectivity index (χ3n) is 6.58. The first kappa shape index (κ1) is 24.2. The highest BCUT2D eigenvalue weighted by molar-refractivity contribution is 6.05. The molecule has 11 heteroatoms. The highest BCUT2D eigenvalue weighted by atomic mass is 16.5. The molecule has 11 nitrogen and oxygen atoms in total. The molecule has 2 aromatic carbocycles. The maximum absolute atomic E-state index is 12.9. The molecule has 0 bridgehead atoms. The Balaban J connectivity index is 1.13. The molecule has 0 aliphatic carbocycles. The molecule has 4 amide bonds. The molecule has 1 unspecified atom stereocenters. The van der Waals surface area contributed by atoms with Crippen LogP contribution in [0.15, 0.2) is 48.7 Å². The maximum Gasteiger partial charge on any atom is 0.255 e. The fourth-order valence-corrected chi connectivity index (χ4v) is 4.60. The molecule has 1 fully saturated rings. The molecule has 5 rings (SSSR count). The summed E-state index contributed by atoms with van der Waals surface area (Å²) in [7, 11) is 0. The smallest absolute Gasteiger partial charge is 0.255 e. The van der Waals surface area contributed by atoms with E-state index in [1.54, 1.807) is 41.1 Å². The predicted octanol–water partition coefficient (Wildman–Crippen LogP) is 1.53. The Morgan fingerprint density at radius 1 is 1.11 bits per heavy atom. The van der Waals surface area contributed by atoms with Crippen LogP contribution in [0.1, 0.15) is 57.7 Å². The van der Waals surface area contributed by atoms with Gasteiger partial charge >= 0.3 is 0 Å². The Labute approximate surface area is 212 Å². The standard InChI is InChI=1S/C26H26N6O5/c27-24(34)16-7-9-18(10-8-16)32-14-17(29-30-32)4-1-2-13-37-22-6-3-5-19-20(22)15-31(26(19)36)21-11-12-23(33)28-25(21)35/h3,5-10,14,21H,1-2,4,11-13,15H2,(H2,27,34)(H,28,33,35). The molecular weight excluding hydrogens is 476 g/mol. The van der Waals surface area contributed by atoms with Gasteiger partial charge in [0.15, 0.2) is 0 Å². The first-order valence-electron chi connectivity index (χ1n) is 12.1. The molecule has 1 saturated heterocycles. The number of carbonyl (C=O) groups excluding carboxylic acids is 4. The minimum atomic E-state index is -0.653. The van der Waals surface area contributed by atoms with Gasteiger partial charge in [0.05, 0.1) is 30.7 Å². The van der Waals surface area contributed by atoms with Crippen molar-refractivity contribution in [3.8, 4) is 11.4 Å². The monoisotopic (exact) mass is 502 g/mol. The Kier molecular flexibility index (Phi) is 6.67. The lowest BCUT2D eigenvalue weighted by Gasteiger charge is -2.29. The van der Waals surface area contributed by atoms with Crippen LogP contribution in [0.5, 0.6) is 5.75 Å². The Bertz CT molecular complexity index is 1370. The van der Waals surface area contributed by atoms with Crippen LogP contribution < -0.4 is 15.8 Å². The van der Waals surface area contributed by atoms with E-state index in [0.29, 0.717) is 29.9 Å². The number of primary amides is 1. The van der Waals surface area contributed by atoms with Gasteiger partial charge in [-0.15, -0.1) is 5.10 Å². The summed E-state index contributed by atoms with van der Waals surface area (Å²) < 4.78 is 7.66. The van der Waals surface area contributed by atoms with Crippen LogP contribution in [-0.4, -0.2) is 56.2 Å². The molecule has 3 heterocycles. The van der Waals surface area contributed by atoms with Crippen LogP contribution >= 0.6 is 0 Å². The number of fused-ring (bicyclic) bond motifs is 1. The second-order valence-corrected chi connectivity index (χ2v) is 9.05. The molecule has 2 aliphatic heterocycles. The number of ether oxygens (including phenoxy) is 1. The Hall–Kier alpha value is -4.54. The zero-order chi connectivity index (χ0) is 25.9. The summed E-state index contributed by atoms with van der Waals surface area (Å²) in [6.07, 6.45) is 4.71. The number of piperidine rings is 1. The number of imide groups is 1. The summed E-state index contributed by atoms with van der Waals surface area (Å²) >= 11 is 0. The molecule has 0 radical (unpaired) electrons. The molecule has 1 aromatic heterocycles. The summed E-state index contributed by atoms with van der Waals surface area (Å²) in [5.74, 6) is -0.810. The minimum absolute atomic E-state index is 0.217. The third kappa shape index (κ3) is 5.06. The van der Waals surface area contributed by atoms with E-state index in [-0.39, 0.29) is 24.8 Å². The van der Waals surface area contributed by atoms with Crippen LogP contribution in [0.3, 0.4) is 0 Å². The lowest BCUT2D eigenvalue weighted by Crippen LogP contribution is -2.52. The van der Waals surface area contributed by atoms with E-state index in [0.717, 1.165) is 36.2 Å². The number of carbonyl (C=O) groups is 4. The topological polar surface area (TPSA) is 150 Å². The first-order valence-corrected chi connectivity index (χ1v) is 12.1. The number of hydrogen-bond acceptors (Lipinski definition) is 7. The highest BCUT2D eigenvalue weighted by Crippen LogP contribution is 2.33. The summed E-state index contributed by atoms with van der Waals surface area (Å²) in [6, 6.07) is 11.5. The van der Waals surface area contributed by atoms with E-state index in [4.69, 9.17) is 10.5 Å². The summed E-state index contributed by atoms with van der Waals surface area (Å²) in [4.78, 5) is 49.4. The maximum atomic E-state index is 12.9. The highest BCUT2D eigenvalue weighted by Gasteiger charge is 2.40. The SMILES string of the molecule is NC(=O)c1ccc(-n2cc(CCCCOc3cccc4c3CN(C3CCC(=O)NC3=O)C4=O)nn2)cc1. The number of amides is 4. The predicted molar refractivity (Wildman–Crippen MR) is 131 cm³/mol. The van der Waals surface area contributed by atoms with Crippen molar-refractivity contribution < 1.29 is 23.9 Å². The van der Waals surface area contributed by atoms with Gasteiger partial charge in [-0.2, -0.15) is 0 Å². The molecule has 190 valence electrons. The zero-order valence-electron chi connectivity index (χ0n) is 20.1. The normalized spacial score (nSPS) is 17.0. The molecule has 37 heavy (non-hydrogen) atoms. The Morgan fingerprint density at radius 3 is 2.68 bits per heavy atom. The molecule has 3 aromatic rings. The van der Waals surface area contributed by atoms with E-state index in [1.807, 2.05) is 12.3 Å². The second kappa shape index (κ2) is 10.2. The molecule has 3 N–H and O–H groups in total. The van der Waals surface area contributed by atoms with Crippen molar-refractivity contribution in [3.05, 3.63) is 71.0 Å². The van der Waals surface area contributed by atoms with Crippen LogP contribution in [0.4, 0.5) is 0 Å². The molecule has 2 aliphatic rings. The van der Waals surface area contributed by atoms with Gasteiger partial charge in [-0.3, -0.25) is 24.5 Å². The van der Waals surface area contributed by atoms with E-state index < -0.39 is 17.9 Å². The number of nitrogens with two attached hydrogens (primary N) is 1. The van der Waals surface area contributed by atoms with Crippen molar-refractivity contribution in [2.75, 3.05) is 6.61 Å². The number of nitrogens with zero attached hydrogens (tertiary/aromatic N) is 4. The number of hydrogen-bond donors (Lipinski definition) is 2. The zero-order valence-corrected chi connectivity index (χ0v) is 20.1. The van der Waals surface area contributed by atoms with Gasteiger partial charge in [-0.25, -0.2) is 4.68 Å². The molecule has 0 saturated carbocycles. The number of aromatic nitrogens is 3. The van der Waals surface area contributed by atoms with Crippen LogP contribution in [0.2, 0.25) is 0 Å². The minimum Gasteiger partial charge on any atom is -0.493 e. The Morgan fingerprint density at radius 2 is 1.92 bits per heavy atom. The fraction of sp³-hybridized carbons (Fsp3) is 0.308. The van der Waals surface area contributed by atoms with E-state index >= 15 is 0 Å². The van der Waals surface area contributed by atoms with Crippen molar-refractivity contribution in [1.82, 2.24) is 25.2 Å². The quantitative estimate of drug-likeness (QED) is 0.333. The van der Waals surface area contributed by atoms with Gasteiger partial charge in [0.1, 0.15) is 11.8 Å². The second-order valence-electron chi connectivity index (χ2n) is 9.05. The van der Waals surface area contributed by atoms with Gasteiger partial charge in [0.25, 0.3) is 5.91 Å². The van der Waals surface area contributed by atoms with Gasteiger partial charge < -0.3 is 15.4 Å². The van der Waals surface area contributed by atoms with Crippen molar-refractivity contribution in [2.24, 2.45) is 5.73 Å². The lowest BCUT2D eigenvalue weighted by atomic mass is 10.0. The molecule has 1 atom stereocenters. The number of nitrogens with one attached hydrogen (secondary N) is 1. The summed E-state index contributed by atoms with van der Waals surface area (Å²) in [6.45, 7) is 0.742. The molecular formula is C26H26N6O5. The van der Waals surface area contributed by atoms with Crippen LogP contribution in [0.25, 0.3) is 5.69 Å². The van der Waals surface area contributed by atoms with Gasteiger partial charge in [0, 0.05) is 23.1 Å². The summed E-state index contributed by atoms with van der Waals surface area (Å²) in [5, 5.41) is 10.7. The van der Waals surface area contributed by atoms with Crippen molar-refractivity contribution in [2.45, 2.75) is 44.7 Å². The third-order valence-corrected chi connectivity index (χ3v) is 6.58. The van der Waals surface area contributed by atoms with E-state index in [9.17, 15) is 19.2 Å². The van der Waals surface area contributed by atoms with Gasteiger partial charge in [-0.05, 0) is 62.1 Å². The fourth-order valence-electron chi connectivity index (χ4n) is 4.60. The number of benzene rings is 2. The average Bonchev–Trinajstić information content (AvgIpc) is 3.49. The number of aryl methyl sites for hydroxylation is 1. The number of rotatable bonds is 9. The van der Waals surface area contributed by atoms with Gasteiger partial charge in [0.2, 0.25) is 17.7 Å². The first-order chi connectivity index (χ1) is 17.9. The van der Waals surface area contributed by atoms with Crippen LogP contribution in [0, 0.1) is 0 Å². The van der Waals surface area contributed by atoms with Crippen molar-refractivity contribution in [3.63, 3.8) is 0 Å². The summed E-state index contributed by atoms with van der Waals surface area (Å²) in [5.41, 5.74) is 8.63. The average molecular weight is 503 g/mol. The van der Waals surface area contributed by atoms with Crippen molar-refractivity contribution in [1.29, 1.82) is 0 Å². The largest absolute Gasteiger partial charge is 0.493 e. The van der Waals surface area contributed by atoms with Crippen LogP contribution in [-0.2, 0) is 22.6 Å². The van der Waals surface area contributed by atoms with Gasteiger partial charge in [-0.1, -0.05) is 11.3 Å². The van der Waals surface area contributed by atoms with Crippen molar-refractivity contribution >= 4 is 23.6 Å². The lowest BCUT2D eigenvalue weighted by molar-refractivity contribution is -0.136. The molecule has 0 spiro atoms. The number of unbranched alkanes of at least 4 members (excludes halogenated alkanes) is 1. The van der Waals surface area contributed by atoms with E-state index in [2.05, 4.69) is 15.6 Å². The van der Waals surface area contributed by atoms with E-state index in [1.165, 1.54) is 4.90 Å².